The maximum Gasteiger partial charge on any atom is 0.144 e. The van der Waals surface area contributed by atoms with E-state index in [0.29, 0.717) is 10.4 Å². The molecule has 0 aliphatic heterocycles. The second-order valence-corrected chi connectivity index (χ2v) is 3.36. The highest BCUT2D eigenvalue weighted by Gasteiger charge is 2.04. The molecule has 0 radical (unpaired) electrons. The van der Waals surface area contributed by atoms with Crippen molar-refractivity contribution in [1.82, 2.24) is 0 Å². The van der Waals surface area contributed by atoms with Crippen LogP contribution in [-0.2, 0) is 0 Å². The van der Waals surface area contributed by atoms with Gasteiger partial charge in [-0.2, -0.15) is 0 Å². The Labute approximate surface area is 73.4 Å². The van der Waals surface area contributed by atoms with Gasteiger partial charge in [0.15, 0.2) is 0 Å². The van der Waals surface area contributed by atoms with Crippen LogP contribution < -0.4 is 4.74 Å². The number of ether oxygens (including phenoxy) is 1. The number of rotatable bonds is 1. The minimum atomic E-state index is -0.209. The Morgan fingerprint density at radius 2 is 2.25 bits per heavy atom. The second kappa shape index (κ2) is 2.75. The summed E-state index contributed by atoms with van der Waals surface area (Å²) in [4.78, 5) is 0. The van der Waals surface area contributed by atoms with Crippen molar-refractivity contribution in [1.29, 1.82) is 0 Å². The zero-order valence-electron chi connectivity index (χ0n) is 6.50. The van der Waals surface area contributed by atoms with E-state index in [0.717, 1.165) is 5.39 Å². The van der Waals surface area contributed by atoms with Gasteiger partial charge in [0.2, 0.25) is 0 Å². The summed E-state index contributed by atoms with van der Waals surface area (Å²) in [6.07, 6.45) is 0. The number of hydrogen-bond acceptors (Lipinski definition) is 2. The molecule has 0 atom stereocenters. The van der Waals surface area contributed by atoms with E-state index in [1.165, 1.54) is 24.5 Å². The molecule has 0 unspecified atom stereocenters. The first kappa shape index (κ1) is 7.55. The predicted molar refractivity (Wildman–Crippen MR) is 48.3 cm³/mol. The van der Waals surface area contributed by atoms with Crippen molar-refractivity contribution in [2.45, 2.75) is 0 Å². The fourth-order valence-electron chi connectivity index (χ4n) is 1.13. The van der Waals surface area contributed by atoms with Crippen LogP contribution >= 0.6 is 11.3 Å². The van der Waals surface area contributed by atoms with E-state index in [4.69, 9.17) is 4.74 Å². The summed E-state index contributed by atoms with van der Waals surface area (Å²) in [5, 5.41) is 2.77. The number of fused-ring (bicyclic) bond motifs is 1. The highest BCUT2D eigenvalue weighted by Crippen LogP contribution is 2.28. The largest absolute Gasteiger partial charge is 0.497 e. The van der Waals surface area contributed by atoms with Gasteiger partial charge in [-0.3, -0.25) is 0 Å². The first-order chi connectivity index (χ1) is 5.81. The fraction of sp³-hybridized carbons (Fsp3) is 0.111. The maximum atomic E-state index is 13.2. The number of hydrogen-bond donors (Lipinski definition) is 0. The lowest BCUT2D eigenvalue weighted by atomic mass is 10.2. The molecule has 0 amide bonds. The predicted octanol–water partition coefficient (Wildman–Crippen LogP) is 3.05. The van der Waals surface area contributed by atoms with Gasteiger partial charge in [0.1, 0.15) is 11.6 Å². The van der Waals surface area contributed by atoms with Crippen LogP contribution in [-0.4, -0.2) is 7.11 Å². The Morgan fingerprint density at radius 3 is 3.00 bits per heavy atom. The zero-order chi connectivity index (χ0) is 8.55. The van der Waals surface area contributed by atoms with Crippen LogP contribution in [0.2, 0.25) is 0 Å². The molecule has 0 fully saturated rings. The molecule has 1 nitrogen and oxygen atoms in total. The fourth-order valence-corrected chi connectivity index (χ4v) is 1.92. The minimum absolute atomic E-state index is 0.209. The summed E-state index contributed by atoms with van der Waals surface area (Å²) < 4.78 is 18.8. The average molecular weight is 182 g/mol. The Bertz CT molecular complexity index is 408. The molecular weight excluding hydrogens is 175 g/mol. The molecule has 0 spiro atoms. The Hall–Kier alpha value is -1.09. The minimum Gasteiger partial charge on any atom is -0.497 e. The van der Waals surface area contributed by atoms with Crippen LogP contribution in [0.4, 0.5) is 4.39 Å². The molecule has 0 aliphatic carbocycles. The Morgan fingerprint density at radius 1 is 1.42 bits per heavy atom. The number of halogens is 1. The maximum absolute atomic E-state index is 13.2. The first-order valence-electron chi connectivity index (χ1n) is 3.52. The summed E-state index contributed by atoms with van der Waals surface area (Å²) >= 11 is 1.40. The SMILES string of the molecule is COc1cc(F)c2sccc2c1. The Kier molecular flexibility index (Phi) is 1.73. The van der Waals surface area contributed by atoms with E-state index in [2.05, 4.69) is 0 Å². The molecule has 1 heterocycles. The van der Waals surface area contributed by atoms with Gasteiger partial charge < -0.3 is 4.74 Å². The van der Waals surface area contributed by atoms with E-state index < -0.39 is 0 Å². The van der Waals surface area contributed by atoms with E-state index >= 15 is 0 Å². The van der Waals surface area contributed by atoms with Gasteiger partial charge in [-0.05, 0) is 22.9 Å². The zero-order valence-corrected chi connectivity index (χ0v) is 7.32. The molecule has 0 saturated heterocycles. The van der Waals surface area contributed by atoms with E-state index in [1.54, 1.807) is 0 Å². The third-order valence-corrected chi connectivity index (χ3v) is 2.65. The Balaban J connectivity index is 2.75. The third kappa shape index (κ3) is 1.06. The first-order valence-corrected chi connectivity index (χ1v) is 4.40. The number of benzene rings is 1. The van der Waals surface area contributed by atoms with Crippen molar-refractivity contribution >= 4 is 21.4 Å². The van der Waals surface area contributed by atoms with Crippen molar-refractivity contribution in [3.05, 3.63) is 29.4 Å². The number of methoxy groups -OCH3 is 1. The van der Waals surface area contributed by atoms with Gasteiger partial charge in [0.05, 0.1) is 11.8 Å². The lowest BCUT2D eigenvalue weighted by molar-refractivity contribution is 0.412. The molecule has 2 aromatic rings. The average Bonchev–Trinajstić information content (AvgIpc) is 2.52. The molecule has 0 N–H and O–H groups in total. The van der Waals surface area contributed by atoms with Crippen molar-refractivity contribution in [3.8, 4) is 5.75 Å². The van der Waals surface area contributed by atoms with Gasteiger partial charge in [-0.1, -0.05) is 0 Å². The molecule has 1 aromatic heterocycles. The van der Waals surface area contributed by atoms with Crippen molar-refractivity contribution in [2.75, 3.05) is 7.11 Å². The highest BCUT2D eigenvalue weighted by atomic mass is 32.1. The summed E-state index contributed by atoms with van der Waals surface area (Å²) in [6.45, 7) is 0. The topological polar surface area (TPSA) is 9.23 Å². The van der Waals surface area contributed by atoms with Crippen LogP contribution in [0, 0.1) is 5.82 Å². The molecule has 3 heteroatoms. The molecule has 0 saturated carbocycles. The molecule has 2 rings (SSSR count). The monoisotopic (exact) mass is 182 g/mol. The lowest BCUT2D eigenvalue weighted by Crippen LogP contribution is -1.83. The third-order valence-electron chi connectivity index (χ3n) is 1.72. The molecule has 0 aliphatic rings. The van der Waals surface area contributed by atoms with Crippen LogP contribution in [0.25, 0.3) is 10.1 Å². The second-order valence-electron chi connectivity index (χ2n) is 2.45. The van der Waals surface area contributed by atoms with Crippen LogP contribution in [0.3, 0.4) is 0 Å². The van der Waals surface area contributed by atoms with Crippen LogP contribution in [0.15, 0.2) is 23.6 Å². The lowest BCUT2D eigenvalue weighted by Gasteiger charge is -1.99. The van der Waals surface area contributed by atoms with Crippen LogP contribution in [0.1, 0.15) is 0 Å². The summed E-state index contributed by atoms with van der Waals surface area (Å²) in [5.41, 5.74) is 0. The van der Waals surface area contributed by atoms with E-state index in [9.17, 15) is 4.39 Å². The number of thiophene rings is 1. The van der Waals surface area contributed by atoms with Crippen molar-refractivity contribution < 1.29 is 9.13 Å². The van der Waals surface area contributed by atoms with Gasteiger partial charge in [0, 0.05) is 6.07 Å². The molecule has 0 bridgehead atoms. The van der Waals surface area contributed by atoms with E-state index in [1.807, 2.05) is 17.5 Å². The molecule has 62 valence electrons. The summed E-state index contributed by atoms with van der Waals surface area (Å²) in [5.74, 6) is 0.359. The quantitative estimate of drug-likeness (QED) is 0.658. The molecule has 12 heavy (non-hydrogen) atoms. The van der Waals surface area contributed by atoms with E-state index in [-0.39, 0.29) is 5.82 Å². The smallest absolute Gasteiger partial charge is 0.144 e. The highest BCUT2D eigenvalue weighted by molar-refractivity contribution is 7.17. The van der Waals surface area contributed by atoms with Crippen molar-refractivity contribution in [3.63, 3.8) is 0 Å². The van der Waals surface area contributed by atoms with Gasteiger partial charge in [-0.25, -0.2) is 4.39 Å². The molecular formula is C9H7FOS. The van der Waals surface area contributed by atoms with Gasteiger partial charge >= 0.3 is 0 Å². The normalized spacial score (nSPS) is 10.5. The van der Waals surface area contributed by atoms with Gasteiger partial charge in [0.25, 0.3) is 0 Å². The summed E-state index contributed by atoms with van der Waals surface area (Å²) in [7, 11) is 1.53. The van der Waals surface area contributed by atoms with Crippen molar-refractivity contribution in [2.24, 2.45) is 0 Å². The van der Waals surface area contributed by atoms with Crippen LogP contribution in [0.5, 0.6) is 5.75 Å². The standard InChI is InChI=1S/C9H7FOS/c1-11-7-4-6-2-3-12-9(6)8(10)5-7/h2-5H,1H3. The summed E-state index contributed by atoms with van der Waals surface area (Å²) in [6, 6.07) is 5.11. The molecule has 1 aromatic carbocycles. The van der Waals surface area contributed by atoms with Gasteiger partial charge in [-0.15, -0.1) is 11.3 Å².